The Bertz CT molecular complexity index is 1290. The van der Waals surface area contributed by atoms with Gasteiger partial charge in [-0.15, -0.1) is 0 Å². The minimum absolute atomic E-state index is 0.141. The van der Waals surface area contributed by atoms with Crippen molar-refractivity contribution in [2.75, 3.05) is 11.1 Å². The number of nitrogens with two attached hydrogens (primary N) is 1. The number of aromatic nitrogens is 4. The van der Waals surface area contributed by atoms with E-state index in [1.807, 2.05) is 35.0 Å². The molecule has 0 radical (unpaired) electrons. The van der Waals surface area contributed by atoms with E-state index in [-0.39, 0.29) is 5.91 Å². The summed E-state index contributed by atoms with van der Waals surface area (Å²) in [6.07, 6.45) is 4.34. The fourth-order valence-corrected chi connectivity index (χ4v) is 5.17. The quantitative estimate of drug-likeness (QED) is 0.469. The molecule has 1 aromatic carbocycles. The number of nitrogens with one attached hydrogen (secondary N) is 1. The van der Waals surface area contributed by atoms with Gasteiger partial charge in [0.2, 0.25) is 5.91 Å². The van der Waals surface area contributed by atoms with Gasteiger partial charge in [0.05, 0.1) is 32.7 Å². The van der Waals surface area contributed by atoms with Crippen molar-refractivity contribution in [1.82, 2.24) is 19.7 Å². The van der Waals surface area contributed by atoms with Crippen molar-refractivity contribution in [3.05, 3.63) is 58.9 Å². The van der Waals surface area contributed by atoms with Crippen molar-refractivity contribution in [3.63, 3.8) is 0 Å². The van der Waals surface area contributed by atoms with E-state index in [4.69, 9.17) is 22.4 Å². The van der Waals surface area contributed by atoms with Crippen molar-refractivity contribution in [2.45, 2.75) is 26.2 Å². The zero-order valence-corrected chi connectivity index (χ0v) is 18.3. The second-order valence-electron chi connectivity index (χ2n) is 7.34. The predicted molar refractivity (Wildman–Crippen MR) is 124 cm³/mol. The first-order chi connectivity index (χ1) is 15.0. The summed E-state index contributed by atoms with van der Waals surface area (Å²) in [4.78, 5) is 21.5. The van der Waals surface area contributed by atoms with Gasteiger partial charge in [-0.05, 0) is 43.5 Å². The highest BCUT2D eigenvalue weighted by Crippen LogP contribution is 2.43. The Morgan fingerprint density at radius 3 is 2.81 bits per heavy atom. The smallest absolute Gasteiger partial charge is 0.223 e. The molecule has 0 unspecified atom stereocenters. The lowest BCUT2D eigenvalue weighted by Crippen LogP contribution is -2.05. The van der Waals surface area contributed by atoms with Gasteiger partial charge in [0, 0.05) is 24.2 Å². The number of benzene rings is 1. The molecular formula is C22H19ClN6OS. The molecule has 4 aromatic rings. The number of fused-ring (bicyclic) bond motifs is 3. The lowest BCUT2D eigenvalue weighted by molar-refractivity contribution is -0.114. The Balaban J connectivity index is 1.78. The highest BCUT2D eigenvalue weighted by atomic mass is 35.5. The van der Waals surface area contributed by atoms with Crippen molar-refractivity contribution in [1.29, 1.82) is 0 Å². The summed E-state index contributed by atoms with van der Waals surface area (Å²) in [5.74, 6) is 0.322. The van der Waals surface area contributed by atoms with E-state index in [1.165, 1.54) is 18.3 Å². The van der Waals surface area contributed by atoms with Crippen LogP contribution in [0.5, 0.6) is 0 Å². The summed E-state index contributed by atoms with van der Waals surface area (Å²) in [6.45, 7) is 1.48. The van der Waals surface area contributed by atoms with Gasteiger partial charge in [-0.2, -0.15) is 5.10 Å². The van der Waals surface area contributed by atoms with Crippen LogP contribution in [-0.4, -0.2) is 25.7 Å². The van der Waals surface area contributed by atoms with Crippen LogP contribution in [0.3, 0.4) is 0 Å². The molecule has 0 atom stereocenters. The standard InChI is InChI=1S/C22H19ClN6OS/c1-12(30)26-22-27-16-7-4-5-14-19(13-9-10-18(24)25-11-13)28-29(20(14)21(16)31-22)17-8-3-2-6-15(17)23/h2-3,6,8-11H,4-5,7H2,1H3,(H2,24,25)(H,26,27,30). The fourth-order valence-electron chi connectivity index (χ4n) is 3.84. The van der Waals surface area contributed by atoms with Crippen LogP contribution in [0.25, 0.3) is 27.5 Å². The molecule has 1 aliphatic carbocycles. The molecule has 0 fully saturated rings. The normalized spacial score (nSPS) is 12.7. The fraction of sp³-hybridized carbons (Fsp3) is 0.182. The molecule has 3 heterocycles. The summed E-state index contributed by atoms with van der Waals surface area (Å²) >= 11 is 8.02. The van der Waals surface area contributed by atoms with Gasteiger partial charge in [0.25, 0.3) is 0 Å². The Labute approximate surface area is 187 Å². The molecule has 0 saturated heterocycles. The molecule has 5 rings (SSSR count). The zero-order chi connectivity index (χ0) is 21.5. The van der Waals surface area contributed by atoms with E-state index in [1.54, 1.807) is 12.3 Å². The number of aryl methyl sites for hydroxylation is 1. The summed E-state index contributed by atoms with van der Waals surface area (Å²) in [7, 11) is 0. The van der Waals surface area contributed by atoms with Crippen LogP contribution in [0.15, 0.2) is 42.6 Å². The highest BCUT2D eigenvalue weighted by molar-refractivity contribution is 7.19. The maximum absolute atomic E-state index is 11.6. The molecule has 0 bridgehead atoms. The number of nitrogen functional groups attached to an aromatic ring is 1. The molecule has 3 aromatic heterocycles. The number of amides is 1. The third-order valence-electron chi connectivity index (χ3n) is 5.16. The second-order valence-corrected chi connectivity index (χ2v) is 8.75. The number of halogens is 1. The van der Waals surface area contributed by atoms with Gasteiger partial charge in [-0.1, -0.05) is 35.1 Å². The van der Waals surface area contributed by atoms with Crippen LogP contribution in [0.1, 0.15) is 24.6 Å². The number of nitrogens with zero attached hydrogens (tertiary/aromatic N) is 4. The zero-order valence-electron chi connectivity index (χ0n) is 16.7. The molecular weight excluding hydrogens is 432 g/mol. The lowest BCUT2D eigenvalue weighted by atomic mass is 10.0. The largest absolute Gasteiger partial charge is 0.384 e. The van der Waals surface area contributed by atoms with Gasteiger partial charge in [0.15, 0.2) is 5.13 Å². The number of para-hydroxylation sites is 1. The summed E-state index contributed by atoms with van der Waals surface area (Å²) in [5.41, 5.74) is 11.4. The number of rotatable bonds is 3. The first-order valence-corrected chi connectivity index (χ1v) is 11.1. The Morgan fingerprint density at radius 1 is 1.23 bits per heavy atom. The Morgan fingerprint density at radius 2 is 2.06 bits per heavy atom. The molecule has 1 aliphatic rings. The van der Waals surface area contributed by atoms with E-state index in [9.17, 15) is 4.79 Å². The minimum atomic E-state index is -0.141. The van der Waals surface area contributed by atoms with Crippen LogP contribution in [0, 0.1) is 0 Å². The van der Waals surface area contributed by atoms with Gasteiger partial charge < -0.3 is 11.1 Å². The van der Waals surface area contributed by atoms with Crippen LogP contribution < -0.4 is 11.1 Å². The second kappa shape index (κ2) is 7.79. The van der Waals surface area contributed by atoms with Crippen LogP contribution in [0.2, 0.25) is 5.02 Å². The minimum Gasteiger partial charge on any atom is -0.384 e. The molecule has 0 saturated carbocycles. The monoisotopic (exact) mass is 450 g/mol. The summed E-state index contributed by atoms with van der Waals surface area (Å²) in [5, 5.41) is 8.99. The summed E-state index contributed by atoms with van der Waals surface area (Å²) in [6, 6.07) is 11.3. The van der Waals surface area contributed by atoms with E-state index < -0.39 is 0 Å². The maximum Gasteiger partial charge on any atom is 0.223 e. The first-order valence-electron chi connectivity index (χ1n) is 9.87. The van der Waals surface area contributed by atoms with Crippen molar-refractivity contribution < 1.29 is 4.79 Å². The van der Waals surface area contributed by atoms with Gasteiger partial charge in [-0.3, -0.25) is 4.79 Å². The van der Waals surface area contributed by atoms with E-state index in [0.29, 0.717) is 16.0 Å². The SMILES string of the molecule is CC(=O)Nc1nc2c(s1)-c1c(c(-c3ccc(N)nc3)nn1-c1ccccc1Cl)CCC2. The van der Waals surface area contributed by atoms with E-state index >= 15 is 0 Å². The topological polar surface area (TPSA) is 98.7 Å². The van der Waals surface area contributed by atoms with Gasteiger partial charge in [-0.25, -0.2) is 14.6 Å². The molecule has 9 heteroatoms. The molecule has 0 spiro atoms. The van der Waals surface area contributed by atoms with Crippen LogP contribution >= 0.6 is 22.9 Å². The highest BCUT2D eigenvalue weighted by Gasteiger charge is 2.29. The van der Waals surface area contributed by atoms with Crippen molar-refractivity contribution >= 4 is 39.8 Å². The third kappa shape index (κ3) is 3.58. The Hall–Kier alpha value is -3.23. The number of thiazole rings is 1. The lowest BCUT2D eigenvalue weighted by Gasteiger charge is -2.09. The average Bonchev–Trinajstić information content (AvgIpc) is 3.25. The van der Waals surface area contributed by atoms with Crippen LogP contribution in [0.4, 0.5) is 10.9 Å². The van der Waals surface area contributed by atoms with E-state index in [2.05, 4.69) is 15.3 Å². The number of hydrogen-bond acceptors (Lipinski definition) is 6. The van der Waals surface area contributed by atoms with Crippen LogP contribution in [-0.2, 0) is 17.6 Å². The van der Waals surface area contributed by atoms with Gasteiger partial charge >= 0.3 is 0 Å². The van der Waals surface area contributed by atoms with Crippen molar-refractivity contribution in [2.24, 2.45) is 0 Å². The number of carbonyl (C=O) groups excluding carboxylic acids is 1. The third-order valence-corrected chi connectivity index (χ3v) is 6.50. The molecule has 0 aliphatic heterocycles. The maximum atomic E-state index is 11.6. The van der Waals surface area contributed by atoms with Gasteiger partial charge in [0.1, 0.15) is 5.82 Å². The number of anilines is 2. The average molecular weight is 451 g/mol. The molecule has 3 N–H and O–H groups in total. The molecule has 7 nitrogen and oxygen atoms in total. The van der Waals surface area contributed by atoms with E-state index in [0.717, 1.165) is 58.0 Å². The number of carbonyl (C=O) groups is 1. The Kier molecular flexibility index (Phi) is 4.95. The number of pyridine rings is 1. The summed E-state index contributed by atoms with van der Waals surface area (Å²) < 4.78 is 1.89. The first kappa shape index (κ1) is 19.7. The molecule has 31 heavy (non-hydrogen) atoms. The molecule has 156 valence electrons. The predicted octanol–water partition coefficient (Wildman–Crippen LogP) is 4.74. The molecule has 1 amide bonds. The van der Waals surface area contributed by atoms with Crippen molar-refractivity contribution in [3.8, 4) is 27.5 Å². The number of hydrogen-bond donors (Lipinski definition) is 2.